The Morgan fingerprint density at radius 1 is 1.02 bits per heavy atom. The summed E-state index contributed by atoms with van der Waals surface area (Å²) in [5, 5.41) is 23.2. The van der Waals surface area contributed by atoms with Gasteiger partial charge in [0.25, 0.3) is 5.91 Å². The highest BCUT2D eigenvalue weighted by atomic mass is 16.4. The average molecular weight is 638 g/mol. The number of carboxylic acids is 1. The molecule has 0 saturated carbocycles. The minimum Gasteiger partial charge on any atom is -0.478 e. The molecular weight excluding hydrogens is 604 g/mol. The molecule has 0 unspecified atom stereocenters. The molecule has 2 heterocycles. The fourth-order valence-corrected chi connectivity index (χ4v) is 5.40. The minimum atomic E-state index is -1.11. The first-order chi connectivity index (χ1) is 23.1. The second-order valence-corrected chi connectivity index (χ2v) is 11.5. The molecule has 3 aromatic carbocycles. The van der Waals surface area contributed by atoms with Gasteiger partial charge in [0.05, 0.1) is 30.1 Å². The lowest BCUT2D eigenvalue weighted by atomic mass is 9.89. The number of carboxylic acid groups (broad SMARTS) is 1. The SMILES string of the molecule is C=CC#Cc1ccc(-n2cc(CNC(=O)c3ccc(C(=O)O)c(-c4c5ccc(=[N+](C)C)cc-5oc5cc(N(C)C)ccc45)c3)nn2)cc1. The molecule has 1 amide bonds. The number of nitrogens with one attached hydrogen (secondary N) is 1. The molecule has 0 saturated heterocycles. The van der Waals surface area contributed by atoms with Crippen LogP contribution in [0, 0.1) is 11.8 Å². The van der Waals surface area contributed by atoms with Crippen LogP contribution in [0.25, 0.3) is 39.1 Å². The number of allylic oxidation sites excluding steroid dienone is 1. The predicted octanol–water partition coefficient (Wildman–Crippen LogP) is 5.05. The van der Waals surface area contributed by atoms with Gasteiger partial charge in [0, 0.05) is 59.6 Å². The molecule has 6 rings (SSSR count). The zero-order chi connectivity index (χ0) is 33.9. The Hall–Kier alpha value is -6.47. The second kappa shape index (κ2) is 13.1. The zero-order valence-electron chi connectivity index (χ0n) is 27.0. The van der Waals surface area contributed by atoms with Gasteiger partial charge in [-0.2, -0.15) is 0 Å². The first-order valence-corrected chi connectivity index (χ1v) is 15.1. The predicted molar refractivity (Wildman–Crippen MR) is 186 cm³/mol. The number of fused-ring (bicyclic) bond motifs is 2. The summed E-state index contributed by atoms with van der Waals surface area (Å²) in [6, 6.07) is 23.7. The third-order valence-corrected chi connectivity index (χ3v) is 7.92. The van der Waals surface area contributed by atoms with Gasteiger partial charge in [-0.25, -0.2) is 14.1 Å². The lowest BCUT2D eigenvalue weighted by Gasteiger charge is -2.19. The van der Waals surface area contributed by atoms with Crippen LogP contribution in [0.15, 0.2) is 102 Å². The molecule has 0 bridgehead atoms. The number of benzene rings is 4. The quantitative estimate of drug-likeness (QED) is 0.143. The summed E-state index contributed by atoms with van der Waals surface area (Å²) in [5.41, 5.74) is 5.88. The van der Waals surface area contributed by atoms with Crippen LogP contribution in [0.5, 0.6) is 0 Å². The van der Waals surface area contributed by atoms with E-state index in [-0.39, 0.29) is 18.0 Å². The van der Waals surface area contributed by atoms with E-state index in [0.717, 1.165) is 33.2 Å². The summed E-state index contributed by atoms with van der Waals surface area (Å²) < 4.78 is 9.99. The molecule has 2 N–H and O–H groups in total. The number of aromatic nitrogens is 3. The molecule has 0 atom stereocenters. The Balaban J connectivity index is 1.36. The van der Waals surface area contributed by atoms with E-state index in [0.29, 0.717) is 33.7 Å². The first-order valence-electron chi connectivity index (χ1n) is 15.1. The standard InChI is InChI=1S/C38H32N6O4/c1-6-7-8-24-9-12-27(13-10-24)44-23-26(40-41-44)22-39-37(45)25-11-16-30(38(46)47)33(19-25)36-31-17-14-28(42(2)3)20-34(31)48-35-21-29(43(4)5)15-18-32(35)36/h6,9-21,23H,1,22H2,2-5H3,(H-,39,45,46,47)/p+1. The number of hydrogen-bond donors (Lipinski definition) is 2. The molecule has 48 heavy (non-hydrogen) atoms. The fraction of sp³-hybridized carbons (Fsp3) is 0.132. The van der Waals surface area contributed by atoms with E-state index >= 15 is 0 Å². The number of rotatable bonds is 7. The van der Waals surface area contributed by atoms with Crippen LogP contribution in [0.4, 0.5) is 5.69 Å². The normalized spacial score (nSPS) is 10.8. The van der Waals surface area contributed by atoms with Gasteiger partial charge in [0.1, 0.15) is 31.1 Å². The molecule has 10 heteroatoms. The first kappa shape index (κ1) is 31.5. The van der Waals surface area contributed by atoms with Gasteiger partial charge >= 0.3 is 5.97 Å². The van der Waals surface area contributed by atoms with Gasteiger partial charge < -0.3 is 19.7 Å². The van der Waals surface area contributed by atoms with Crippen LogP contribution >= 0.6 is 0 Å². The van der Waals surface area contributed by atoms with Crippen LogP contribution in [-0.2, 0) is 6.54 Å². The maximum Gasteiger partial charge on any atom is 0.336 e. The Labute approximate surface area is 277 Å². The van der Waals surface area contributed by atoms with Crippen LogP contribution in [0.1, 0.15) is 32.0 Å². The van der Waals surface area contributed by atoms with Gasteiger partial charge in [-0.3, -0.25) is 4.79 Å². The topological polar surface area (TPSA) is 116 Å². The van der Waals surface area contributed by atoms with Gasteiger partial charge in [0.15, 0.2) is 0 Å². The molecule has 4 aromatic rings. The van der Waals surface area contributed by atoms with Crippen molar-refractivity contribution in [2.75, 3.05) is 33.1 Å². The van der Waals surface area contributed by atoms with E-state index in [2.05, 4.69) is 34.0 Å². The van der Waals surface area contributed by atoms with Crippen molar-refractivity contribution in [1.82, 2.24) is 24.9 Å². The summed E-state index contributed by atoms with van der Waals surface area (Å²) in [7, 11) is 7.77. The zero-order valence-corrected chi connectivity index (χ0v) is 27.0. The number of carbonyl (C=O) groups is 2. The van der Waals surface area contributed by atoms with Crippen molar-refractivity contribution in [3.05, 3.63) is 125 Å². The summed E-state index contributed by atoms with van der Waals surface area (Å²) in [6.07, 6.45) is 3.27. The third kappa shape index (κ3) is 6.30. The summed E-state index contributed by atoms with van der Waals surface area (Å²) in [6.45, 7) is 3.72. The lowest BCUT2D eigenvalue weighted by Crippen LogP contribution is -2.23. The molecule has 1 aliphatic carbocycles. The van der Waals surface area contributed by atoms with Crippen molar-refractivity contribution in [3.8, 4) is 40.0 Å². The summed E-state index contributed by atoms with van der Waals surface area (Å²) in [5.74, 6) is 4.90. The smallest absolute Gasteiger partial charge is 0.336 e. The van der Waals surface area contributed by atoms with E-state index in [1.54, 1.807) is 16.9 Å². The molecule has 10 nitrogen and oxygen atoms in total. The number of aromatic carboxylic acids is 1. The number of amides is 1. The van der Waals surface area contributed by atoms with Crippen molar-refractivity contribution >= 4 is 28.5 Å². The monoisotopic (exact) mass is 637 g/mol. The van der Waals surface area contributed by atoms with E-state index < -0.39 is 5.97 Å². The van der Waals surface area contributed by atoms with E-state index in [1.165, 1.54) is 18.2 Å². The van der Waals surface area contributed by atoms with Crippen LogP contribution in [0.3, 0.4) is 0 Å². The molecule has 0 spiro atoms. The van der Waals surface area contributed by atoms with E-state index in [1.807, 2.05) is 98.3 Å². The largest absolute Gasteiger partial charge is 0.478 e. The van der Waals surface area contributed by atoms with Crippen molar-refractivity contribution in [2.45, 2.75) is 6.54 Å². The molecule has 1 aromatic heterocycles. The second-order valence-electron chi connectivity index (χ2n) is 11.5. The number of anilines is 1. The Morgan fingerprint density at radius 3 is 2.52 bits per heavy atom. The van der Waals surface area contributed by atoms with Crippen molar-refractivity contribution in [2.24, 2.45) is 0 Å². The van der Waals surface area contributed by atoms with Gasteiger partial charge in [-0.05, 0) is 72.3 Å². The Morgan fingerprint density at radius 2 is 1.81 bits per heavy atom. The van der Waals surface area contributed by atoms with Gasteiger partial charge in [-0.15, -0.1) is 5.10 Å². The molecule has 2 aliphatic rings. The molecule has 0 radical (unpaired) electrons. The van der Waals surface area contributed by atoms with Crippen LogP contribution in [-0.4, -0.2) is 60.2 Å². The number of nitrogens with zero attached hydrogens (tertiary/aromatic N) is 5. The summed E-state index contributed by atoms with van der Waals surface area (Å²) >= 11 is 0. The fourth-order valence-electron chi connectivity index (χ4n) is 5.40. The summed E-state index contributed by atoms with van der Waals surface area (Å²) in [4.78, 5) is 28.0. The molecular formula is C38H33N6O4+. The maximum atomic E-state index is 13.5. The van der Waals surface area contributed by atoms with E-state index in [4.69, 9.17) is 4.42 Å². The van der Waals surface area contributed by atoms with Gasteiger partial charge in [-0.1, -0.05) is 23.6 Å². The highest BCUT2D eigenvalue weighted by molar-refractivity contribution is 6.09. The van der Waals surface area contributed by atoms with Gasteiger partial charge in [0.2, 0.25) is 5.36 Å². The molecule has 1 aliphatic heterocycles. The number of carbonyl (C=O) groups excluding carboxylic acids is 1. The number of hydrogen-bond acceptors (Lipinski definition) is 6. The lowest BCUT2D eigenvalue weighted by molar-refractivity contribution is 0.0697. The van der Waals surface area contributed by atoms with Crippen LogP contribution in [0.2, 0.25) is 0 Å². The molecule has 238 valence electrons. The molecule has 0 fully saturated rings. The minimum absolute atomic E-state index is 0.0677. The van der Waals surface area contributed by atoms with E-state index in [9.17, 15) is 14.7 Å². The third-order valence-electron chi connectivity index (χ3n) is 7.92. The Bertz CT molecular complexity index is 2320. The van der Waals surface area contributed by atoms with Crippen molar-refractivity contribution in [1.29, 1.82) is 0 Å². The highest BCUT2D eigenvalue weighted by Crippen LogP contribution is 2.42. The van der Waals surface area contributed by atoms with Crippen molar-refractivity contribution in [3.63, 3.8) is 0 Å². The van der Waals surface area contributed by atoms with Crippen LogP contribution < -0.4 is 20.1 Å². The highest BCUT2D eigenvalue weighted by Gasteiger charge is 2.24. The maximum absolute atomic E-state index is 13.5. The van der Waals surface area contributed by atoms with Crippen molar-refractivity contribution < 1.29 is 19.1 Å². The Kier molecular flexibility index (Phi) is 8.60. The average Bonchev–Trinajstić information content (AvgIpc) is 3.57.